The number of hydrogen-bond donors (Lipinski definition) is 1. The molecule has 2 fully saturated rings. The van der Waals surface area contributed by atoms with Crippen molar-refractivity contribution in [3.05, 3.63) is 65.9 Å². The molecular formula is C30H38N4O. The van der Waals surface area contributed by atoms with Crippen LogP contribution in [0.1, 0.15) is 54.6 Å². The molecule has 1 amide bonds. The van der Waals surface area contributed by atoms with Gasteiger partial charge >= 0.3 is 0 Å². The third-order valence-electron chi connectivity index (χ3n) is 7.70. The van der Waals surface area contributed by atoms with Gasteiger partial charge < -0.3 is 15.1 Å². The number of para-hydroxylation sites is 1. The molecule has 2 aliphatic heterocycles. The topological polar surface area (TPSA) is 48.5 Å². The lowest BCUT2D eigenvalue weighted by molar-refractivity contribution is 0.0903. The normalized spacial score (nSPS) is 18.1. The van der Waals surface area contributed by atoms with Gasteiger partial charge in [0.05, 0.1) is 11.1 Å². The van der Waals surface area contributed by atoms with Crippen LogP contribution in [-0.2, 0) is 0 Å². The van der Waals surface area contributed by atoms with Crippen LogP contribution in [0.3, 0.4) is 0 Å². The Labute approximate surface area is 209 Å². The number of aryl methyl sites for hydroxylation is 1. The van der Waals surface area contributed by atoms with E-state index in [1.807, 2.05) is 43.3 Å². The maximum atomic E-state index is 13.2. The van der Waals surface area contributed by atoms with Crippen molar-refractivity contribution < 1.29 is 4.79 Å². The number of hydrogen-bond acceptors (Lipinski definition) is 4. The molecule has 2 aromatic carbocycles. The number of amides is 1. The van der Waals surface area contributed by atoms with Crippen molar-refractivity contribution in [1.29, 1.82) is 0 Å². The minimum atomic E-state index is -0.00508. The summed E-state index contributed by atoms with van der Waals surface area (Å²) in [5, 5.41) is 4.09. The molecule has 2 aliphatic rings. The van der Waals surface area contributed by atoms with E-state index in [0.29, 0.717) is 12.1 Å². The van der Waals surface area contributed by atoms with Crippen LogP contribution in [0.25, 0.3) is 22.0 Å². The van der Waals surface area contributed by atoms with E-state index in [1.165, 1.54) is 58.3 Å². The molecule has 1 aromatic heterocycles. The second-order valence-electron chi connectivity index (χ2n) is 10.2. The third-order valence-corrected chi connectivity index (χ3v) is 7.70. The van der Waals surface area contributed by atoms with Crippen molar-refractivity contribution in [2.45, 2.75) is 51.5 Å². The zero-order chi connectivity index (χ0) is 24.0. The van der Waals surface area contributed by atoms with E-state index in [4.69, 9.17) is 4.98 Å². The van der Waals surface area contributed by atoms with Gasteiger partial charge in [0.1, 0.15) is 0 Å². The number of aromatic nitrogens is 1. The summed E-state index contributed by atoms with van der Waals surface area (Å²) in [5.41, 5.74) is 4.65. The molecule has 0 unspecified atom stereocenters. The van der Waals surface area contributed by atoms with Crippen LogP contribution in [0.15, 0.2) is 54.6 Å². The molecule has 5 heteroatoms. The zero-order valence-corrected chi connectivity index (χ0v) is 21.0. The van der Waals surface area contributed by atoms with E-state index >= 15 is 0 Å². The maximum Gasteiger partial charge on any atom is 0.252 e. The Hall–Kier alpha value is -2.76. The molecule has 0 atom stereocenters. The maximum absolute atomic E-state index is 13.2. The number of likely N-dealkylation sites (tertiary alicyclic amines) is 2. The van der Waals surface area contributed by atoms with Crippen LogP contribution in [0, 0.1) is 6.92 Å². The lowest BCUT2D eigenvalue weighted by Crippen LogP contribution is -2.47. The molecule has 0 saturated carbocycles. The molecule has 2 saturated heterocycles. The first-order chi connectivity index (χ1) is 17.2. The second-order valence-corrected chi connectivity index (χ2v) is 10.2. The SMILES string of the molecule is Cc1cc(C(=O)NCCCN2CCC(N3CCCCC3)CC2)c2cccc(-c3ccccc3)c2n1. The minimum Gasteiger partial charge on any atom is -0.352 e. The van der Waals surface area contributed by atoms with E-state index < -0.39 is 0 Å². The summed E-state index contributed by atoms with van der Waals surface area (Å²) in [6, 6.07) is 19.1. The Kier molecular flexibility index (Phi) is 7.75. The molecule has 5 rings (SSSR count). The van der Waals surface area contributed by atoms with E-state index in [1.54, 1.807) is 0 Å². The third kappa shape index (κ3) is 5.74. The highest BCUT2D eigenvalue weighted by atomic mass is 16.1. The molecule has 35 heavy (non-hydrogen) atoms. The fraction of sp³-hybridized carbons (Fsp3) is 0.467. The van der Waals surface area contributed by atoms with Crippen molar-refractivity contribution in [2.75, 3.05) is 39.3 Å². The largest absolute Gasteiger partial charge is 0.352 e. The molecule has 1 N–H and O–H groups in total. The van der Waals surface area contributed by atoms with Gasteiger partial charge in [-0.25, -0.2) is 0 Å². The van der Waals surface area contributed by atoms with Crippen LogP contribution in [0.5, 0.6) is 0 Å². The molecule has 0 radical (unpaired) electrons. The number of carbonyl (C=O) groups is 1. The Morgan fingerprint density at radius 1 is 0.971 bits per heavy atom. The fourth-order valence-corrected chi connectivity index (χ4v) is 5.81. The molecule has 0 bridgehead atoms. The highest BCUT2D eigenvalue weighted by molar-refractivity contribution is 6.09. The van der Waals surface area contributed by atoms with Crippen molar-refractivity contribution in [1.82, 2.24) is 20.1 Å². The standard InChI is InChI=1S/C30H38N4O/c1-23-22-28(27-13-8-12-26(29(27)32-23)24-10-4-2-5-11-24)30(35)31-16-9-17-33-20-14-25(15-21-33)34-18-6-3-7-19-34/h2,4-5,8,10-13,22,25H,3,6-7,9,14-21H2,1H3,(H,31,35). The number of nitrogens with one attached hydrogen (secondary N) is 1. The zero-order valence-electron chi connectivity index (χ0n) is 21.0. The molecule has 0 spiro atoms. The summed E-state index contributed by atoms with van der Waals surface area (Å²) in [6.07, 6.45) is 7.72. The monoisotopic (exact) mass is 470 g/mol. The molecule has 184 valence electrons. The van der Waals surface area contributed by atoms with Gasteiger partial charge in [-0.3, -0.25) is 9.78 Å². The van der Waals surface area contributed by atoms with Crippen LogP contribution in [0.2, 0.25) is 0 Å². The molecule has 0 aliphatic carbocycles. The van der Waals surface area contributed by atoms with Gasteiger partial charge in [-0.2, -0.15) is 0 Å². The first-order valence-corrected chi connectivity index (χ1v) is 13.4. The summed E-state index contributed by atoms with van der Waals surface area (Å²) in [7, 11) is 0. The molecule has 3 aromatic rings. The Morgan fingerprint density at radius 3 is 2.51 bits per heavy atom. The van der Waals surface area contributed by atoms with Crippen LogP contribution in [0.4, 0.5) is 0 Å². The Balaban J connectivity index is 1.16. The van der Waals surface area contributed by atoms with Gasteiger partial charge in [0.2, 0.25) is 0 Å². The lowest BCUT2D eigenvalue weighted by atomic mass is 9.98. The van der Waals surface area contributed by atoms with Crippen LogP contribution in [-0.4, -0.2) is 66.0 Å². The second kappa shape index (κ2) is 11.3. The quantitative estimate of drug-likeness (QED) is 0.477. The number of carbonyl (C=O) groups excluding carboxylic acids is 1. The van der Waals surface area contributed by atoms with E-state index in [0.717, 1.165) is 46.7 Å². The first-order valence-electron chi connectivity index (χ1n) is 13.4. The van der Waals surface area contributed by atoms with Gasteiger partial charge in [-0.15, -0.1) is 0 Å². The highest BCUT2D eigenvalue weighted by Gasteiger charge is 2.25. The van der Waals surface area contributed by atoms with Gasteiger partial charge in [-0.1, -0.05) is 55.0 Å². The van der Waals surface area contributed by atoms with E-state index in [2.05, 4.69) is 33.3 Å². The van der Waals surface area contributed by atoms with E-state index in [-0.39, 0.29) is 5.91 Å². The van der Waals surface area contributed by atoms with Crippen LogP contribution >= 0.6 is 0 Å². The number of benzene rings is 2. The first kappa shape index (κ1) is 24.0. The fourth-order valence-electron chi connectivity index (χ4n) is 5.81. The highest BCUT2D eigenvalue weighted by Crippen LogP contribution is 2.29. The summed E-state index contributed by atoms with van der Waals surface area (Å²) in [5.74, 6) is -0.00508. The number of nitrogens with zero attached hydrogens (tertiary/aromatic N) is 3. The van der Waals surface area contributed by atoms with Gasteiger partial charge in [-0.05, 0) is 83.4 Å². The Morgan fingerprint density at radius 2 is 1.74 bits per heavy atom. The number of fused-ring (bicyclic) bond motifs is 1. The smallest absolute Gasteiger partial charge is 0.252 e. The molecule has 3 heterocycles. The molecule has 5 nitrogen and oxygen atoms in total. The van der Waals surface area contributed by atoms with Crippen LogP contribution < -0.4 is 5.32 Å². The van der Waals surface area contributed by atoms with Crippen molar-refractivity contribution in [3.63, 3.8) is 0 Å². The number of pyridine rings is 1. The van der Waals surface area contributed by atoms with Gasteiger partial charge in [0.25, 0.3) is 5.91 Å². The van der Waals surface area contributed by atoms with Gasteiger partial charge in [0.15, 0.2) is 0 Å². The molecular weight excluding hydrogens is 432 g/mol. The number of rotatable bonds is 7. The summed E-state index contributed by atoms with van der Waals surface area (Å²) >= 11 is 0. The Bertz CT molecular complexity index is 1130. The average Bonchev–Trinajstić information content (AvgIpc) is 2.91. The van der Waals surface area contributed by atoms with E-state index in [9.17, 15) is 4.79 Å². The number of piperidine rings is 2. The predicted octanol–water partition coefficient (Wildman–Crippen LogP) is 5.28. The van der Waals surface area contributed by atoms with Crippen molar-refractivity contribution >= 4 is 16.8 Å². The van der Waals surface area contributed by atoms with Gasteiger partial charge in [0, 0.05) is 29.2 Å². The lowest BCUT2D eigenvalue weighted by Gasteiger charge is -2.40. The summed E-state index contributed by atoms with van der Waals surface area (Å²) < 4.78 is 0. The van der Waals surface area contributed by atoms with Crippen molar-refractivity contribution in [3.8, 4) is 11.1 Å². The summed E-state index contributed by atoms with van der Waals surface area (Å²) in [6.45, 7) is 8.69. The summed E-state index contributed by atoms with van der Waals surface area (Å²) in [4.78, 5) is 23.3. The predicted molar refractivity (Wildman–Crippen MR) is 144 cm³/mol. The minimum absolute atomic E-state index is 0.00508. The van der Waals surface area contributed by atoms with Crippen molar-refractivity contribution in [2.24, 2.45) is 0 Å². The average molecular weight is 471 g/mol.